The van der Waals surface area contributed by atoms with Gasteiger partial charge in [-0.25, -0.2) is 13.2 Å². The zero-order chi connectivity index (χ0) is 29.6. The molecule has 2 aliphatic heterocycles. The van der Waals surface area contributed by atoms with E-state index < -0.39 is 29.7 Å². The lowest BCUT2D eigenvalue weighted by molar-refractivity contribution is -0.0171. The minimum absolute atomic E-state index is 0.280. The molecule has 2 bridgehead atoms. The predicted octanol–water partition coefficient (Wildman–Crippen LogP) is 4.49. The van der Waals surface area contributed by atoms with E-state index in [1.54, 1.807) is 24.5 Å². The molecular formula is C32H30N3O5PS. The van der Waals surface area contributed by atoms with Crippen molar-refractivity contribution in [1.29, 1.82) is 0 Å². The van der Waals surface area contributed by atoms with E-state index in [1.807, 2.05) is 6.08 Å². The molecule has 0 spiro atoms. The molecule has 10 heteroatoms. The van der Waals surface area contributed by atoms with Crippen molar-refractivity contribution in [1.82, 2.24) is 14.9 Å². The molecule has 3 heterocycles. The number of allylic oxidation sites excluding steroid dienone is 1. The van der Waals surface area contributed by atoms with Crippen LogP contribution in [-0.2, 0) is 14.7 Å². The van der Waals surface area contributed by atoms with Crippen molar-refractivity contribution in [3.63, 3.8) is 0 Å². The van der Waals surface area contributed by atoms with Crippen LogP contribution in [0.15, 0.2) is 133 Å². The van der Waals surface area contributed by atoms with Crippen molar-refractivity contribution in [2.75, 3.05) is 13.1 Å². The van der Waals surface area contributed by atoms with Crippen molar-refractivity contribution in [3.8, 4) is 0 Å². The fourth-order valence-electron chi connectivity index (χ4n) is 5.31. The van der Waals surface area contributed by atoms with Crippen molar-refractivity contribution < 1.29 is 22.0 Å². The number of nitrogens with zero attached hydrogens (tertiary/aromatic N) is 3. The van der Waals surface area contributed by atoms with Crippen LogP contribution >= 0.6 is 7.26 Å². The third-order valence-corrected chi connectivity index (χ3v) is 11.5. The number of aromatic nitrogens is 1. The second kappa shape index (κ2) is 12.8. The Morgan fingerprint density at radius 2 is 1.36 bits per heavy atom. The molecule has 2 amide bonds. The van der Waals surface area contributed by atoms with E-state index in [-0.39, 0.29) is 6.54 Å². The average Bonchev–Trinajstić information content (AvgIpc) is 3.25. The van der Waals surface area contributed by atoms with Gasteiger partial charge in [-0.3, -0.25) is 4.98 Å². The molecule has 0 saturated carbocycles. The number of hydroxylamine groups is 2. The lowest BCUT2D eigenvalue weighted by Gasteiger charge is -2.25. The number of carbonyl (C=O) groups excluding carboxylic acids is 1. The largest absolute Gasteiger partial charge is 0.724 e. The number of carbonyl (C=O) groups is 1. The van der Waals surface area contributed by atoms with Crippen LogP contribution in [0.4, 0.5) is 4.79 Å². The Morgan fingerprint density at radius 1 is 0.857 bits per heavy atom. The molecule has 3 aromatic carbocycles. The van der Waals surface area contributed by atoms with E-state index in [0.29, 0.717) is 11.6 Å². The van der Waals surface area contributed by atoms with Crippen LogP contribution in [0, 0.1) is 0 Å². The summed E-state index contributed by atoms with van der Waals surface area (Å²) in [4.78, 5) is 17.2. The molecule has 42 heavy (non-hydrogen) atoms. The highest BCUT2D eigenvalue weighted by Gasteiger charge is 2.44. The summed E-state index contributed by atoms with van der Waals surface area (Å²) in [5.74, 6) is 2.41. The number of hydrogen-bond donors (Lipinski definition) is 0. The van der Waals surface area contributed by atoms with Gasteiger partial charge in [0.05, 0.1) is 12.4 Å². The molecule has 0 aliphatic carbocycles. The summed E-state index contributed by atoms with van der Waals surface area (Å²) in [5, 5.41) is 4.81. The lowest BCUT2D eigenvalue weighted by Crippen LogP contribution is -2.36. The van der Waals surface area contributed by atoms with E-state index in [9.17, 15) is 17.8 Å². The van der Waals surface area contributed by atoms with Crippen LogP contribution in [0.5, 0.6) is 0 Å². The number of amides is 2. The third kappa shape index (κ3) is 6.20. The summed E-state index contributed by atoms with van der Waals surface area (Å²) in [6.45, 7) is 2.73. The summed E-state index contributed by atoms with van der Waals surface area (Å²) in [6.07, 6.45) is 7.19. The third-order valence-electron chi connectivity index (χ3n) is 7.07. The summed E-state index contributed by atoms with van der Waals surface area (Å²) in [5.41, 5.74) is 1.54. The SMILES string of the molecule is CC=C[P+](c1ccccc1)(c1ccccc1)c1ccccc1.O=C1N2CC=C(c3ccncc3)C(C2)N1OS(=O)(=O)[O-]. The lowest BCUT2D eigenvalue weighted by atomic mass is 9.97. The Bertz CT molecular complexity index is 1570. The maximum absolute atomic E-state index is 11.9. The second-order valence-electron chi connectivity index (χ2n) is 9.62. The molecule has 6 rings (SSSR count). The van der Waals surface area contributed by atoms with Crippen molar-refractivity contribution >= 4 is 45.2 Å². The minimum atomic E-state index is -5.00. The van der Waals surface area contributed by atoms with Crippen LogP contribution in [0.3, 0.4) is 0 Å². The zero-order valence-electron chi connectivity index (χ0n) is 22.9. The molecule has 8 nitrogen and oxygen atoms in total. The first-order chi connectivity index (χ1) is 20.3. The summed E-state index contributed by atoms with van der Waals surface area (Å²) in [6, 6.07) is 34.9. The van der Waals surface area contributed by atoms with Gasteiger partial charge < -0.3 is 9.45 Å². The Morgan fingerprint density at radius 3 is 1.81 bits per heavy atom. The topological polar surface area (TPSA) is 103 Å². The van der Waals surface area contributed by atoms with Crippen LogP contribution in [0.2, 0.25) is 0 Å². The van der Waals surface area contributed by atoms with Gasteiger partial charge in [-0.05, 0) is 66.6 Å². The van der Waals surface area contributed by atoms with Crippen LogP contribution in [-0.4, -0.2) is 53.1 Å². The van der Waals surface area contributed by atoms with E-state index >= 15 is 0 Å². The fourth-order valence-corrected chi connectivity index (χ4v) is 9.46. The van der Waals surface area contributed by atoms with Gasteiger partial charge in [-0.2, -0.15) is 9.35 Å². The molecule has 1 unspecified atom stereocenters. The number of hydrogen-bond acceptors (Lipinski definition) is 6. The number of pyridine rings is 1. The Labute approximate surface area is 246 Å². The Balaban J connectivity index is 0.000000169. The summed E-state index contributed by atoms with van der Waals surface area (Å²) < 4.78 is 36.5. The van der Waals surface area contributed by atoms with E-state index in [2.05, 4.69) is 119 Å². The highest BCUT2D eigenvalue weighted by Crippen LogP contribution is 2.56. The maximum atomic E-state index is 11.9. The van der Waals surface area contributed by atoms with E-state index in [1.165, 1.54) is 20.8 Å². The highest BCUT2D eigenvalue weighted by molar-refractivity contribution is 7.98. The maximum Gasteiger partial charge on any atom is 0.346 e. The van der Waals surface area contributed by atoms with Gasteiger partial charge in [0, 0.05) is 18.9 Å². The summed E-state index contributed by atoms with van der Waals surface area (Å²) >= 11 is 0. The van der Waals surface area contributed by atoms with E-state index in [4.69, 9.17) is 0 Å². The molecule has 1 atom stereocenters. The molecule has 0 N–H and O–H groups in total. The number of urea groups is 1. The molecule has 2 aliphatic rings. The minimum Gasteiger partial charge on any atom is -0.724 e. The monoisotopic (exact) mass is 599 g/mol. The van der Waals surface area contributed by atoms with E-state index in [0.717, 1.165) is 11.1 Å². The number of fused-ring (bicyclic) bond motifs is 2. The van der Waals surface area contributed by atoms with Gasteiger partial charge in [-0.15, -0.1) is 0 Å². The van der Waals surface area contributed by atoms with Crippen LogP contribution < -0.4 is 15.9 Å². The first-order valence-corrected chi connectivity index (χ1v) is 16.6. The Hall–Kier alpha value is -4.14. The smallest absolute Gasteiger partial charge is 0.346 e. The van der Waals surface area contributed by atoms with Crippen molar-refractivity contribution in [2.24, 2.45) is 0 Å². The fraction of sp³-hybridized carbons (Fsp3) is 0.125. The molecular weight excluding hydrogens is 569 g/mol. The van der Waals surface area contributed by atoms with Gasteiger partial charge >= 0.3 is 6.03 Å². The van der Waals surface area contributed by atoms with Gasteiger partial charge in [0.15, 0.2) is 0 Å². The molecule has 0 radical (unpaired) electrons. The van der Waals surface area contributed by atoms with Gasteiger partial charge in [0.25, 0.3) is 0 Å². The molecule has 1 fully saturated rings. The summed E-state index contributed by atoms with van der Waals surface area (Å²) in [7, 11) is -6.73. The normalized spacial score (nSPS) is 16.7. The quantitative estimate of drug-likeness (QED) is 0.176. The second-order valence-corrected chi connectivity index (χ2v) is 13.9. The van der Waals surface area contributed by atoms with Gasteiger partial charge in [0.2, 0.25) is 10.4 Å². The Kier molecular flexibility index (Phi) is 8.94. The van der Waals surface area contributed by atoms with Crippen molar-refractivity contribution in [2.45, 2.75) is 13.0 Å². The first kappa shape index (κ1) is 29.4. The number of benzene rings is 3. The number of rotatable bonds is 7. The molecule has 1 aromatic heterocycles. The average molecular weight is 600 g/mol. The highest BCUT2D eigenvalue weighted by atomic mass is 32.3. The first-order valence-electron chi connectivity index (χ1n) is 13.4. The van der Waals surface area contributed by atoms with Crippen LogP contribution in [0.1, 0.15) is 12.5 Å². The van der Waals surface area contributed by atoms with Crippen LogP contribution in [0.25, 0.3) is 5.57 Å². The van der Waals surface area contributed by atoms with Gasteiger partial charge in [-0.1, -0.05) is 66.7 Å². The molecule has 4 aromatic rings. The standard InChI is InChI=1S/C21H20P.C11H11N3O5S/c1-2-18-22(19-12-6-3-7-13-19,20-14-8-4-9-15-20)21-16-10-5-11-17-21;15-11-13-6-3-9(8-1-4-12-5-2-8)10(7-13)14(11)19-20(16,17)18/h2-18H,1H3;1-5,10H,6-7H2,(H,16,17,18)/q+1;/p-1. The molecule has 214 valence electrons. The van der Waals surface area contributed by atoms with Gasteiger partial charge in [0.1, 0.15) is 29.2 Å². The van der Waals surface area contributed by atoms with Crippen molar-refractivity contribution in [3.05, 3.63) is 139 Å². The molecule has 1 saturated heterocycles. The zero-order valence-corrected chi connectivity index (χ0v) is 24.6. The predicted molar refractivity (Wildman–Crippen MR) is 166 cm³/mol.